The van der Waals surface area contributed by atoms with E-state index in [0.717, 1.165) is 30.1 Å². The Bertz CT molecular complexity index is 248. The number of fused-ring (bicyclic) bond motifs is 1. The third kappa shape index (κ3) is 1.84. The maximum atomic E-state index is 9.49. The van der Waals surface area contributed by atoms with Crippen molar-refractivity contribution in [2.24, 2.45) is 35.5 Å². The number of aliphatic hydroxyl groups is 1. The predicted octanol–water partition coefficient (Wildman–Crippen LogP) is 3.49. The van der Waals surface area contributed by atoms with E-state index >= 15 is 0 Å². The van der Waals surface area contributed by atoms with Gasteiger partial charge < -0.3 is 5.11 Å². The van der Waals surface area contributed by atoms with Crippen LogP contribution in [0.2, 0.25) is 0 Å². The first-order valence-electron chi connectivity index (χ1n) is 6.94. The van der Waals surface area contributed by atoms with E-state index in [4.69, 9.17) is 0 Å². The molecular weight excluding hydrogens is 196 g/mol. The van der Waals surface area contributed by atoms with E-state index in [9.17, 15) is 5.11 Å². The van der Waals surface area contributed by atoms with Gasteiger partial charge in [0.2, 0.25) is 0 Å². The summed E-state index contributed by atoms with van der Waals surface area (Å²) < 4.78 is 0. The Kier molecular flexibility index (Phi) is 3.73. The number of hydrogen-bond acceptors (Lipinski definition) is 1. The van der Waals surface area contributed by atoms with Gasteiger partial charge >= 0.3 is 0 Å². The molecule has 2 saturated carbocycles. The lowest BCUT2D eigenvalue weighted by atomic mass is 9.78. The zero-order chi connectivity index (χ0) is 11.7. The molecule has 0 spiro atoms. The third-order valence-electron chi connectivity index (χ3n) is 5.40. The number of hydrogen-bond donors (Lipinski definition) is 1. The largest absolute Gasteiger partial charge is 0.396 e. The first kappa shape index (κ1) is 12.2. The number of rotatable bonds is 4. The molecule has 92 valence electrons. The van der Waals surface area contributed by atoms with Gasteiger partial charge in [0.05, 0.1) is 0 Å². The fourth-order valence-corrected chi connectivity index (χ4v) is 4.67. The van der Waals surface area contributed by atoms with Gasteiger partial charge in [-0.15, -0.1) is 6.58 Å². The van der Waals surface area contributed by atoms with E-state index in [1.165, 1.54) is 19.3 Å². The molecule has 0 heterocycles. The second-order valence-corrected chi connectivity index (χ2v) is 5.97. The molecule has 0 radical (unpaired) electrons. The predicted molar refractivity (Wildman–Crippen MR) is 68.0 cm³/mol. The Morgan fingerprint density at radius 2 is 2.00 bits per heavy atom. The number of aliphatic hydroxyl groups excluding tert-OH is 1. The van der Waals surface area contributed by atoms with Crippen LogP contribution in [0.3, 0.4) is 0 Å². The van der Waals surface area contributed by atoms with Gasteiger partial charge in [-0.2, -0.15) is 0 Å². The topological polar surface area (TPSA) is 20.2 Å². The standard InChI is InChI=1S/C15H26O/c1-4-6-14-13(9-16)8-12-7-11(5-2)10(3)15(12)14/h4,10-16H,1,5-9H2,2-3H3/t10-,11+,12+,13-,14+,15+/m0/s1. The molecule has 0 aromatic carbocycles. The van der Waals surface area contributed by atoms with Gasteiger partial charge in [0.25, 0.3) is 0 Å². The fraction of sp³-hybridized carbons (Fsp3) is 0.867. The van der Waals surface area contributed by atoms with E-state index in [2.05, 4.69) is 26.5 Å². The minimum atomic E-state index is 0.384. The van der Waals surface area contributed by atoms with Gasteiger partial charge in [0, 0.05) is 6.61 Å². The van der Waals surface area contributed by atoms with Gasteiger partial charge in [0.1, 0.15) is 0 Å². The molecule has 0 aromatic rings. The molecule has 0 bridgehead atoms. The monoisotopic (exact) mass is 222 g/mol. The van der Waals surface area contributed by atoms with E-state index in [1.807, 2.05) is 0 Å². The highest BCUT2D eigenvalue weighted by molar-refractivity contribution is 5.01. The van der Waals surface area contributed by atoms with Crippen LogP contribution in [0.15, 0.2) is 12.7 Å². The summed E-state index contributed by atoms with van der Waals surface area (Å²) in [6.45, 7) is 9.04. The molecule has 1 heteroatoms. The molecule has 0 aromatic heterocycles. The smallest absolute Gasteiger partial charge is 0.0462 e. The van der Waals surface area contributed by atoms with Crippen molar-refractivity contribution in [1.29, 1.82) is 0 Å². The summed E-state index contributed by atoms with van der Waals surface area (Å²) in [6, 6.07) is 0. The molecule has 2 rings (SSSR count). The van der Waals surface area contributed by atoms with Gasteiger partial charge in [0.15, 0.2) is 0 Å². The van der Waals surface area contributed by atoms with E-state index < -0.39 is 0 Å². The van der Waals surface area contributed by atoms with Crippen LogP contribution in [0.1, 0.15) is 39.5 Å². The Morgan fingerprint density at radius 1 is 1.31 bits per heavy atom. The van der Waals surface area contributed by atoms with Gasteiger partial charge in [-0.25, -0.2) is 0 Å². The van der Waals surface area contributed by atoms with Crippen molar-refractivity contribution >= 4 is 0 Å². The summed E-state index contributed by atoms with van der Waals surface area (Å²) in [5.74, 6) is 4.80. The zero-order valence-electron chi connectivity index (χ0n) is 10.7. The first-order chi connectivity index (χ1) is 7.72. The Morgan fingerprint density at radius 3 is 2.56 bits per heavy atom. The normalized spacial score (nSPS) is 46.9. The summed E-state index contributed by atoms with van der Waals surface area (Å²) in [4.78, 5) is 0. The molecule has 0 unspecified atom stereocenters. The van der Waals surface area contributed by atoms with Crippen LogP contribution in [0.4, 0.5) is 0 Å². The van der Waals surface area contributed by atoms with Crippen LogP contribution < -0.4 is 0 Å². The van der Waals surface area contributed by atoms with Crippen molar-refractivity contribution in [2.45, 2.75) is 39.5 Å². The highest BCUT2D eigenvalue weighted by Gasteiger charge is 2.50. The minimum absolute atomic E-state index is 0.384. The van der Waals surface area contributed by atoms with E-state index in [-0.39, 0.29) is 0 Å². The summed E-state index contributed by atoms with van der Waals surface area (Å²) in [6.07, 6.45) is 7.17. The van der Waals surface area contributed by atoms with Crippen LogP contribution in [0.5, 0.6) is 0 Å². The Hall–Kier alpha value is -0.300. The molecule has 6 atom stereocenters. The van der Waals surface area contributed by atoms with E-state index in [0.29, 0.717) is 18.4 Å². The van der Waals surface area contributed by atoms with Crippen molar-refractivity contribution < 1.29 is 5.11 Å². The third-order valence-corrected chi connectivity index (χ3v) is 5.40. The molecule has 16 heavy (non-hydrogen) atoms. The number of allylic oxidation sites excluding steroid dienone is 1. The molecule has 1 N–H and O–H groups in total. The first-order valence-corrected chi connectivity index (χ1v) is 6.94. The molecule has 0 aliphatic heterocycles. The summed E-state index contributed by atoms with van der Waals surface area (Å²) in [5.41, 5.74) is 0. The summed E-state index contributed by atoms with van der Waals surface area (Å²) >= 11 is 0. The van der Waals surface area contributed by atoms with Crippen molar-refractivity contribution in [2.75, 3.05) is 6.61 Å². The maximum absolute atomic E-state index is 9.49. The Balaban J connectivity index is 2.12. The maximum Gasteiger partial charge on any atom is 0.0462 e. The van der Waals surface area contributed by atoms with Crippen LogP contribution in [-0.2, 0) is 0 Å². The van der Waals surface area contributed by atoms with Gasteiger partial charge in [-0.3, -0.25) is 0 Å². The fourth-order valence-electron chi connectivity index (χ4n) is 4.67. The lowest BCUT2D eigenvalue weighted by Crippen LogP contribution is -2.23. The summed E-state index contributed by atoms with van der Waals surface area (Å²) in [5, 5.41) is 9.49. The Labute approximate surface area is 99.9 Å². The molecule has 2 fully saturated rings. The van der Waals surface area contributed by atoms with Crippen LogP contribution in [0.25, 0.3) is 0 Å². The minimum Gasteiger partial charge on any atom is -0.396 e. The molecule has 0 amide bonds. The van der Waals surface area contributed by atoms with Crippen molar-refractivity contribution in [3.63, 3.8) is 0 Å². The molecule has 0 saturated heterocycles. The van der Waals surface area contributed by atoms with Gasteiger partial charge in [-0.05, 0) is 54.8 Å². The van der Waals surface area contributed by atoms with E-state index in [1.54, 1.807) is 0 Å². The average molecular weight is 222 g/mol. The van der Waals surface area contributed by atoms with Crippen LogP contribution in [-0.4, -0.2) is 11.7 Å². The van der Waals surface area contributed by atoms with Crippen LogP contribution in [0, 0.1) is 35.5 Å². The van der Waals surface area contributed by atoms with Crippen molar-refractivity contribution in [3.8, 4) is 0 Å². The molecule has 2 aliphatic carbocycles. The zero-order valence-corrected chi connectivity index (χ0v) is 10.7. The SMILES string of the molecule is C=CC[C@@H]1[C@H](CO)C[C@H]2C[C@@H](CC)[C@H](C)[C@H]21. The lowest BCUT2D eigenvalue weighted by molar-refractivity contribution is 0.155. The molecule has 2 aliphatic rings. The molecular formula is C15H26O. The second kappa shape index (κ2) is 4.91. The van der Waals surface area contributed by atoms with Crippen molar-refractivity contribution in [3.05, 3.63) is 12.7 Å². The van der Waals surface area contributed by atoms with Crippen LogP contribution >= 0.6 is 0 Å². The quantitative estimate of drug-likeness (QED) is 0.722. The highest BCUT2D eigenvalue weighted by Crippen LogP contribution is 2.57. The lowest BCUT2D eigenvalue weighted by Gasteiger charge is -2.27. The highest BCUT2D eigenvalue weighted by atomic mass is 16.3. The molecule has 1 nitrogen and oxygen atoms in total. The van der Waals surface area contributed by atoms with Gasteiger partial charge in [-0.1, -0.05) is 26.3 Å². The second-order valence-electron chi connectivity index (χ2n) is 5.97. The summed E-state index contributed by atoms with van der Waals surface area (Å²) in [7, 11) is 0. The van der Waals surface area contributed by atoms with Crippen molar-refractivity contribution in [1.82, 2.24) is 0 Å². The average Bonchev–Trinajstić information content (AvgIpc) is 2.77.